The van der Waals surface area contributed by atoms with Crippen molar-refractivity contribution in [2.45, 2.75) is 47.7 Å². The average molecular weight is 635 g/mol. The van der Waals surface area contributed by atoms with E-state index in [1.807, 2.05) is 74.5 Å². The molecule has 2 aliphatic heterocycles. The van der Waals surface area contributed by atoms with Crippen LogP contribution in [0.2, 0.25) is 0 Å². The number of rotatable bonds is 6. The number of hydrogen-bond donors (Lipinski definition) is 2. The molecule has 0 bridgehead atoms. The summed E-state index contributed by atoms with van der Waals surface area (Å²) in [5.74, 6) is -0.358. The van der Waals surface area contributed by atoms with Gasteiger partial charge in [0.15, 0.2) is 0 Å². The zero-order valence-corrected chi connectivity index (χ0v) is 26.4. The van der Waals surface area contributed by atoms with E-state index in [0.717, 1.165) is 22.3 Å². The first-order valence-electron chi connectivity index (χ1n) is 14.6. The van der Waals surface area contributed by atoms with Crippen LogP contribution in [0, 0.1) is 13.8 Å². The highest BCUT2D eigenvalue weighted by atomic mass is 32.2. The van der Waals surface area contributed by atoms with E-state index in [1.54, 1.807) is 48.5 Å². The van der Waals surface area contributed by atoms with Gasteiger partial charge in [-0.25, -0.2) is 16.8 Å². The molecule has 0 spiro atoms. The van der Waals surface area contributed by atoms with Gasteiger partial charge in [-0.2, -0.15) is 8.61 Å². The van der Waals surface area contributed by atoms with Crippen molar-refractivity contribution in [3.63, 3.8) is 0 Å². The van der Waals surface area contributed by atoms with E-state index >= 15 is 0 Å². The fourth-order valence-corrected chi connectivity index (χ4v) is 8.64. The first kappa shape index (κ1) is 32.0. The fourth-order valence-electron chi connectivity index (χ4n) is 5.67. The van der Waals surface area contributed by atoms with Crippen LogP contribution in [0.1, 0.15) is 34.1 Å². The summed E-state index contributed by atoms with van der Waals surface area (Å²) in [6, 6.07) is 32.7. The summed E-state index contributed by atoms with van der Waals surface area (Å²) in [6.07, 6.45) is -1.36. The first-order valence-corrected chi connectivity index (χ1v) is 17.4. The standard InChI is InChI=1S/2C17H19NO3S/c2*1-13-7-9-15(10-8-13)22(20,21)18-11-16(17(19)12-18)14-5-3-2-4-6-14/h2*2-10,16-17,19H,11-12H2,1H3/t2*16-,17+/m00/s1. The highest BCUT2D eigenvalue weighted by Crippen LogP contribution is 2.32. The summed E-state index contributed by atoms with van der Waals surface area (Å²) >= 11 is 0. The number of hydrogen-bond acceptors (Lipinski definition) is 6. The van der Waals surface area contributed by atoms with Crippen LogP contribution in [0.5, 0.6) is 0 Å². The van der Waals surface area contributed by atoms with Crippen LogP contribution in [0.25, 0.3) is 0 Å². The van der Waals surface area contributed by atoms with E-state index in [0.29, 0.717) is 13.1 Å². The number of aliphatic hydroxyl groups excluding tert-OH is 2. The summed E-state index contributed by atoms with van der Waals surface area (Å²) in [5, 5.41) is 20.5. The van der Waals surface area contributed by atoms with Crippen LogP contribution in [0.3, 0.4) is 0 Å². The lowest BCUT2D eigenvalue weighted by Gasteiger charge is -2.16. The first-order chi connectivity index (χ1) is 21.0. The van der Waals surface area contributed by atoms with Gasteiger partial charge in [-0.05, 0) is 49.2 Å². The molecule has 8 nitrogen and oxygen atoms in total. The Morgan fingerprint density at radius 1 is 0.500 bits per heavy atom. The fraction of sp³-hybridized carbons (Fsp3) is 0.294. The van der Waals surface area contributed by atoms with E-state index in [2.05, 4.69) is 0 Å². The van der Waals surface area contributed by atoms with Gasteiger partial charge in [0.05, 0.1) is 22.0 Å². The van der Waals surface area contributed by atoms with Gasteiger partial charge in [0.1, 0.15) is 0 Å². The Morgan fingerprint density at radius 2 is 0.818 bits per heavy atom. The van der Waals surface area contributed by atoms with Crippen molar-refractivity contribution in [1.82, 2.24) is 8.61 Å². The Kier molecular flexibility index (Phi) is 9.69. The predicted molar refractivity (Wildman–Crippen MR) is 170 cm³/mol. The lowest BCUT2D eigenvalue weighted by Crippen LogP contribution is -2.29. The predicted octanol–water partition coefficient (Wildman–Crippen LogP) is 4.29. The molecule has 2 saturated heterocycles. The zero-order valence-electron chi connectivity index (χ0n) is 24.8. The lowest BCUT2D eigenvalue weighted by molar-refractivity contribution is 0.172. The van der Waals surface area contributed by atoms with Crippen molar-refractivity contribution in [2.24, 2.45) is 0 Å². The number of benzene rings is 4. The van der Waals surface area contributed by atoms with Crippen LogP contribution in [-0.4, -0.2) is 74.0 Å². The molecule has 232 valence electrons. The molecule has 10 heteroatoms. The molecular weight excluding hydrogens is 597 g/mol. The van der Waals surface area contributed by atoms with E-state index < -0.39 is 32.3 Å². The molecule has 2 fully saturated rings. The van der Waals surface area contributed by atoms with E-state index in [4.69, 9.17) is 0 Å². The second-order valence-corrected chi connectivity index (χ2v) is 15.3. The number of β-amino-alcohol motifs (C(OH)–C–C–N with tert-alkyl or cyclic N) is 2. The third-order valence-corrected chi connectivity index (χ3v) is 12.0. The third kappa shape index (κ3) is 6.96. The molecule has 4 aromatic carbocycles. The van der Waals surface area contributed by atoms with E-state index in [9.17, 15) is 27.0 Å². The zero-order chi connectivity index (χ0) is 31.5. The van der Waals surface area contributed by atoms with Gasteiger partial charge in [0.2, 0.25) is 20.0 Å². The molecule has 2 aliphatic rings. The molecular formula is C34H38N2O6S2. The number of nitrogens with zero attached hydrogens (tertiary/aromatic N) is 2. The van der Waals surface area contributed by atoms with Crippen molar-refractivity contribution in [1.29, 1.82) is 0 Å². The second kappa shape index (κ2) is 13.3. The molecule has 4 atom stereocenters. The summed E-state index contributed by atoms with van der Waals surface area (Å²) in [6.45, 7) is 4.72. The Bertz CT molecular complexity index is 1620. The maximum absolute atomic E-state index is 12.7. The molecule has 44 heavy (non-hydrogen) atoms. The SMILES string of the molecule is Cc1ccc(S(=O)(=O)N2C[C@@H](O)[C@H](c3ccccc3)C2)cc1.Cc1ccc(S(=O)(=O)N2C[C@@H](O)[C@H](c3ccccc3)C2)cc1. The molecule has 6 rings (SSSR count). The van der Waals surface area contributed by atoms with Crippen LogP contribution in [0.15, 0.2) is 119 Å². The quantitative estimate of drug-likeness (QED) is 0.327. The number of aliphatic hydroxyl groups is 2. The van der Waals surface area contributed by atoms with Gasteiger partial charge in [-0.1, -0.05) is 96.1 Å². The summed E-state index contributed by atoms with van der Waals surface area (Å²) in [5.41, 5.74) is 3.97. The lowest BCUT2D eigenvalue weighted by atomic mass is 9.96. The Hall–Kier alpha value is -3.38. The molecule has 2 N–H and O–H groups in total. The smallest absolute Gasteiger partial charge is 0.243 e. The summed E-state index contributed by atoms with van der Waals surface area (Å²) in [4.78, 5) is 0.554. The van der Waals surface area contributed by atoms with Crippen molar-refractivity contribution < 1.29 is 27.0 Å². The van der Waals surface area contributed by atoms with Gasteiger partial charge < -0.3 is 10.2 Å². The minimum Gasteiger partial charge on any atom is -0.391 e. The van der Waals surface area contributed by atoms with Gasteiger partial charge in [-0.3, -0.25) is 0 Å². The van der Waals surface area contributed by atoms with Crippen molar-refractivity contribution >= 4 is 20.0 Å². The summed E-state index contributed by atoms with van der Waals surface area (Å²) < 4.78 is 53.5. The molecule has 2 heterocycles. The van der Waals surface area contributed by atoms with Crippen molar-refractivity contribution in [2.75, 3.05) is 26.2 Å². The number of aryl methyl sites for hydroxylation is 2. The largest absolute Gasteiger partial charge is 0.391 e. The van der Waals surface area contributed by atoms with E-state index in [1.165, 1.54) is 8.61 Å². The highest BCUT2D eigenvalue weighted by molar-refractivity contribution is 7.89. The summed E-state index contributed by atoms with van der Waals surface area (Å²) in [7, 11) is -7.11. The van der Waals surface area contributed by atoms with Crippen LogP contribution in [0.4, 0.5) is 0 Å². The van der Waals surface area contributed by atoms with Crippen LogP contribution in [-0.2, 0) is 20.0 Å². The Morgan fingerprint density at radius 3 is 1.14 bits per heavy atom. The van der Waals surface area contributed by atoms with Gasteiger partial charge in [-0.15, -0.1) is 0 Å². The van der Waals surface area contributed by atoms with E-state index in [-0.39, 0.29) is 34.7 Å². The Labute approximate surface area is 260 Å². The maximum Gasteiger partial charge on any atom is 0.243 e. The average Bonchev–Trinajstić information content (AvgIpc) is 3.62. The molecule has 0 aromatic heterocycles. The molecule has 0 aliphatic carbocycles. The second-order valence-electron chi connectivity index (χ2n) is 11.4. The molecule has 0 saturated carbocycles. The maximum atomic E-state index is 12.7. The monoisotopic (exact) mass is 634 g/mol. The van der Waals surface area contributed by atoms with Gasteiger partial charge in [0, 0.05) is 38.0 Å². The molecule has 0 radical (unpaired) electrons. The normalized spacial score (nSPS) is 22.8. The molecule has 0 unspecified atom stereocenters. The molecule has 0 amide bonds. The van der Waals surface area contributed by atoms with Crippen LogP contribution < -0.4 is 0 Å². The number of sulfonamides is 2. The highest BCUT2D eigenvalue weighted by Gasteiger charge is 2.40. The third-order valence-electron chi connectivity index (χ3n) is 8.28. The topological polar surface area (TPSA) is 115 Å². The Balaban J connectivity index is 0.000000175. The van der Waals surface area contributed by atoms with Crippen molar-refractivity contribution in [3.05, 3.63) is 131 Å². The minimum atomic E-state index is -3.56. The molecule has 4 aromatic rings. The van der Waals surface area contributed by atoms with Crippen LogP contribution >= 0.6 is 0 Å². The minimum absolute atomic E-state index is 0.135. The van der Waals surface area contributed by atoms with Crippen molar-refractivity contribution in [3.8, 4) is 0 Å². The van der Waals surface area contributed by atoms with Gasteiger partial charge >= 0.3 is 0 Å². The van der Waals surface area contributed by atoms with Gasteiger partial charge in [0.25, 0.3) is 0 Å².